The van der Waals surface area contributed by atoms with Gasteiger partial charge in [-0.2, -0.15) is 0 Å². The Kier molecular flexibility index (Phi) is 3.74. The highest BCUT2D eigenvalue weighted by Crippen LogP contribution is 2.35. The van der Waals surface area contributed by atoms with Gasteiger partial charge in [-0.25, -0.2) is 0 Å². The van der Waals surface area contributed by atoms with Gasteiger partial charge in [-0.15, -0.1) is 0 Å². The van der Waals surface area contributed by atoms with Gasteiger partial charge in [0.2, 0.25) is 0 Å². The van der Waals surface area contributed by atoms with Gasteiger partial charge < -0.3 is 10.4 Å². The minimum Gasteiger partial charge on any atom is -0.394 e. The minimum atomic E-state index is 0.0331. The molecular weight excluding hydrogens is 162 g/mol. The van der Waals surface area contributed by atoms with Gasteiger partial charge in [0.05, 0.1) is 6.61 Å². The molecule has 13 heavy (non-hydrogen) atoms. The molecule has 1 fully saturated rings. The van der Waals surface area contributed by atoms with Crippen molar-refractivity contribution in [2.24, 2.45) is 11.8 Å². The fourth-order valence-corrected chi connectivity index (χ4v) is 2.35. The zero-order valence-corrected chi connectivity index (χ0v) is 9.14. The van der Waals surface area contributed by atoms with Gasteiger partial charge in [-0.1, -0.05) is 13.8 Å². The van der Waals surface area contributed by atoms with Crippen LogP contribution >= 0.6 is 0 Å². The molecule has 0 heterocycles. The lowest BCUT2D eigenvalue weighted by atomic mass is 9.73. The molecule has 1 aliphatic rings. The zero-order chi connectivity index (χ0) is 9.90. The second-order valence-corrected chi connectivity index (χ2v) is 4.77. The van der Waals surface area contributed by atoms with E-state index in [2.05, 4.69) is 19.2 Å². The molecule has 0 unspecified atom stereocenters. The van der Waals surface area contributed by atoms with Gasteiger partial charge in [-0.05, 0) is 44.6 Å². The van der Waals surface area contributed by atoms with Crippen LogP contribution in [0.15, 0.2) is 0 Å². The van der Waals surface area contributed by atoms with Crippen LogP contribution in [0.5, 0.6) is 0 Å². The summed E-state index contributed by atoms with van der Waals surface area (Å²) in [6.07, 6.45) is 4.78. The smallest absolute Gasteiger partial charge is 0.0613 e. The fraction of sp³-hybridized carbons (Fsp3) is 1.00. The first-order valence-electron chi connectivity index (χ1n) is 5.43. The van der Waals surface area contributed by atoms with Crippen LogP contribution in [0.2, 0.25) is 0 Å². The number of likely N-dealkylation sites (N-methyl/N-ethyl adjacent to an activating group) is 1. The third kappa shape index (κ3) is 2.44. The molecule has 0 aliphatic heterocycles. The van der Waals surface area contributed by atoms with Crippen LogP contribution in [-0.2, 0) is 0 Å². The van der Waals surface area contributed by atoms with E-state index in [0.29, 0.717) is 0 Å². The van der Waals surface area contributed by atoms with Crippen LogP contribution < -0.4 is 5.32 Å². The Hall–Kier alpha value is -0.0800. The molecule has 0 radical (unpaired) electrons. The summed E-state index contributed by atoms with van der Waals surface area (Å²) in [6, 6.07) is 0. The molecular formula is C11H23NO. The van der Waals surface area contributed by atoms with Crippen molar-refractivity contribution in [3.8, 4) is 0 Å². The lowest BCUT2D eigenvalue weighted by Crippen LogP contribution is -2.49. The summed E-state index contributed by atoms with van der Waals surface area (Å²) >= 11 is 0. The summed E-state index contributed by atoms with van der Waals surface area (Å²) in [5, 5.41) is 12.6. The number of aliphatic hydroxyl groups excluding tert-OH is 1. The van der Waals surface area contributed by atoms with Crippen molar-refractivity contribution in [2.75, 3.05) is 13.7 Å². The van der Waals surface area contributed by atoms with E-state index in [1.54, 1.807) is 0 Å². The van der Waals surface area contributed by atoms with Crippen LogP contribution in [0.3, 0.4) is 0 Å². The van der Waals surface area contributed by atoms with Gasteiger partial charge >= 0.3 is 0 Å². The molecule has 2 N–H and O–H groups in total. The Bertz CT molecular complexity index is 142. The van der Waals surface area contributed by atoms with Gasteiger partial charge in [0.1, 0.15) is 0 Å². The van der Waals surface area contributed by atoms with E-state index in [0.717, 1.165) is 24.7 Å². The topological polar surface area (TPSA) is 32.3 Å². The molecule has 1 aliphatic carbocycles. The predicted octanol–water partition coefficient (Wildman–Crippen LogP) is 1.78. The molecule has 2 heteroatoms. The lowest BCUT2D eigenvalue weighted by Gasteiger charge is -2.40. The Morgan fingerprint density at radius 2 is 1.92 bits per heavy atom. The van der Waals surface area contributed by atoms with Crippen LogP contribution in [0.25, 0.3) is 0 Å². The van der Waals surface area contributed by atoms with E-state index in [1.165, 1.54) is 12.8 Å². The Morgan fingerprint density at radius 1 is 1.38 bits per heavy atom. The molecule has 0 aromatic carbocycles. The van der Waals surface area contributed by atoms with E-state index in [-0.39, 0.29) is 12.1 Å². The molecule has 1 rings (SSSR count). The standard InChI is InChI=1S/C11H23NO/c1-9(2)10-4-6-11(8-13,12-3)7-5-10/h9-10,12-13H,4-8H2,1-3H3. The van der Waals surface area contributed by atoms with E-state index >= 15 is 0 Å². The van der Waals surface area contributed by atoms with Crippen LogP contribution in [0, 0.1) is 11.8 Å². The maximum Gasteiger partial charge on any atom is 0.0613 e. The molecule has 0 bridgehead atoms. The van der Waals surface area contributed by atoms with Crippen LogP contribution in [-0.4, -0.2) is 24.3 Å². The molecule has 0 aromatic rings. The summed E-state index contributed by atoms with van der Waals surface area (Å²) in [7, 11) is 1.96. The van der Waals surface area contributed by atoms with E-state index in [9.17, 15) is 5.11 Å². The maximum absolute atomic E-state index is 9.30. The molecule has 2 nitrogen and oxygen atoms in total. The normalized spacial score (nSPS) is 35.3. The van der Waals surface area contributed by atoms with Gasteiger partial charge in [0, 0.05) is 5.54 Å². The first-order valence-corrected chi connectivity index (χ1v) is 5.43. The fourth-order valence-electron chi connectivity index (χ4n) is 2.35. The number of rotatable bonds is 3. The largest absolute Gasteiger partial charge is 0.394 e. The summed E-state index contributed by atoms with van der Waals surface area (Å²) in [6.45, 7) is 4.89. The highest BCUT2D eigenvalue weighted by atomic mass is 16.3. The summed E-state index contributed by atoms with van der Waals surface area (Å²) in [4.78, 5) is 0. The molecule has 1 saturated carbocycles. The maximum atomic E-state index is 9.30. The van der Waals surface area contributed by atoms with Gasteiger partial charge in [0.25, 0.3) is 0 Å². The van der Waals surface area contributed by atoms with Crippen LogP contribution in [0.4, 0.5) is 0 Å². The molecule has 0 spiro atoms. The SMILES string of the molecule is CNC1(CO)CCC(C(C)C)CC1. The molecule has 0 saturated heterocycles. The second kappa shape index (κ2) is 4.43. The minimum absolute atomic E-state index is 0.0331. The summed E-state index contributed by atoms with van der Waals surface area (Å²) in [5.41, 5.74) is 0.0331. The highest BCUT2D eigenvalue weighted by Gasteiger charge is 2.33. The van der Waals surface area contributed by atoms with Crippen LogP contribution in [0.1, 0.15) is 39.5 Å². The van der Waals surface area contributed by atoms with Crippen molar-refractivity contribution in [3.05, 3.63) is 0 Å². The van der Waals surface area contributed by atoms with Gasteiger partial charge in [0.15, 0.2) is 0 Å². The molecule has 0 amide bonds. The van der Waals surface area contributed by atoms with Crippen molar-refractivity contribution in [1.29, 1.82) is 0 Å². The third-order valence-electron chi connectivity index (χ3n) is 3.76. The van der Waals surface area contributed by atoms with Crippen molar-refractivity contribution < 1.29 is 5.11 Å². The Labute approximate surface area is 81.7 Å². The Balaban J connectivity index is 2.45. The van der Waals surface area contributed by atoms with Crippen molar-refractivity contribution >= 4 is 0 Å². The van der Waals surface area contributed by atoms with E-state index < -0.39 is 0 Å². The number of aliphatic hydroxyl groups is 1. The summed E-state index contributed by atoms with van der Waals surface area (Å²) < 4.78 is 0. The monoisotopic (exact) mass is 185 g/mol. The predicted molar refractivity (Wildman–Crippen MR) is 55.7 cm³/mol. The first kappa shape index (κ1) is 11.0. The highest BCUT2D eigenvalue weighted by molar-refractivity contribution is 4.91. The molecule has 78 valence electrons. The second-order valence-electron chi connectivity index (χ2n) is 4.77. The summed E-state index contributed by atoms with van der Waals surface area (Å²) in [5.74, 6) is 1.67. The first-order chi connectivity index (χ1) is 6.13. The number of hydrogen-bond acceptors (Lipinski definition) is 2. The molecule has 0 atom stereocenters. The third-order valence-corrected chi connectivity index (χ3v) is 3.76. The average Bonchev–Trinajstić information content (AvgIpc) is 2.18. The quantitative estimate of drug-likeness (QED) is 0.702. The molecule has 0 aromatic heterocycles. The van der Waals surface area contributed by atoms with Gasteiger partial charge in [-0.3, -0.25) is 0 Å². The van der Waals surface area contributed by atoms with E-state index in [1.807, 2.05) is 7.05 Å². The lowest BCUT2D eigenvalue weighted by molar-refractivity contribution is 0.0977. The Morgan fingerprint density at radius 3 is 2.23 bits per heavy atom. The zero-order valence-electron chi connectivity index (χ0n) is 9.14. The number of hydrogen-bond donors (Lipinski definition) is 2. The number of nitrogens with one attached hydrogen (secondary N) is 1. The van der Waals surface area contributed by atoms with E-state index in [4.69, 9.17) is 0 Å². The van der Waals surface area contributed by atoms with Crippen molar-refractivity contribution in [2.45, 2.75) is 45.1 Å². The van der Waals surface area contributed by atoms with Crippen molar-refractivity contribution in [1.82, 2.24) is 5.32 Å². The average molecular weight is 185 g/mol. The van der Waals surface area contributed by atoms with Crippen molar-refractivity contribution in [3.63, 3.8) is 0 Å².